The van der Waals surface area contributed by atoms with Gasteiger partial charge in [0.15, 0.2) is 0 Å². The van der Waals surface area contributed by atoms with Gasteiger partial charge in [-0.2, -0.15) is 0 Å². The molecule has 0 bridgehead atoms. The Bertz CT molecular complexity index is 610. The highest BCUT2D eigenvalue weighted by Crippen LogP contribution is 2.39. The molecule has 3 heteroatoms. The van der Waals surface area contributed by atoms with E-state index in [1.807, 2.05) is 6.07 Å². The van der Waals surface area contributed by atoms with Crippen molar-refractivity contribution in [2.45, 2.75) is 38.7 Å². The second-order valence-corrected chi connectivity index (χ2v) is 5.06. The van der Waals surface area contributed by atoms with Crippen molar-refractivity contribution in [3.05, 3.63) is 34.6 Å². The first-order valence-electron chi connectivity index (χ1n) is 6.38. The summed E-state index contributed by atoms with van der Waals surface area (Å²) in [4.78, 5) is 11.3. The fourth-order valence-corrected chi connectivity index (χ4v) is 3.06. The molecule has 94 valence electrons. The monoisotopic (exact) mass is 244 g/mol. The zero-order valence-electron chi connectivity index (χ0n) is 10.4. The molecule has 1 N–H and O–H groups in total. The predicted molar refractivity (Wildman–Crippen MR) is 68.9 cm³/mol. The Balaban J connectivity index is 2.39. The molecule has 3 rings (SSSR count). The molecule has 0 radical (unpaired) electrons. The number of aliphatic hydroxyl groups is 1. The Morgan fingerprint density at radius 2 is 2.39 bits per heavy atom. The molecule has 1 aliphatic carbocycles. The van der Waals surface area contributed by atoms with Crippen LogP contribution in [0.2, 0.25) is 0 Å². The summed E-state index contributed by atoms with van der Waals surface area (Å²) in [6, 6.07) is 1.86. The van der Waals surface area contributed by atoms with E-state index in [0.717, 1.165) is 53.2 Å². The number of aliphatic hydroxyl groups excluding tert-OH is 1. The van der Waals surface area contributed by atoms with Gasteiger partial charge in [0.2, 0.25) is 0 Å². The van der Waals surface area contributed by atoms with Crippen LogP contribution in [-0.2, 0) is 13.0 Å². The second-order valence-electron chi connectivity index (χ2n) is 5.06. The maximum Gasteiger partial charge on any atom is 0.150 e. The lowest BCUT2D eigenvalue weighted by atomic mass is 9.80. The van der Waals surface area contributed by atoms with E-state index in [2.05, 4.69) is 6.92 Å². The number of benzene rings is 1. The smallest absolute Gasteiger partial charge is 0.150 e. The first-order valence-corrected chi connectivity index (χ1v) is 6.38. The molecule has 1 atom stereocenters. The minimum absolute atomic E-state index is 0.0571. The van der Waals surface area contributed by atoms with Crippen LogP contribution in [0.3, 0.4) is 0 Å². The van der Waals surface area contributed by atoms with Gasteiger partial charge in [0, 0.05) is 22.1 Å². The molecule has 1 aromatic heterocycles. The lowest BCUT2D eigenvalue weighted by Crippen LogP contribution is -2.10. The molecule has 0 saturated heterocycles. The molecule has 3 nitrogen and oxygen atoms in total. The van der Waals surface area contributed by atoms with Crippen molar-refractivity contribution in [3.63, 3.8) is 0 Å². The summed E-state index contributed by atoms with van der Waals surface area (Å²) in [6.45, 7) is 2.12. The topological polar surface area (TPSA) is 50.4 Å². The minimum Gasteiger partial charge on any atom is -0.464 e. The van der Waals surface area contributed by atoms with E-state index in [1.165, 1.54) is 5.56 Å². The first-order chi connectivity index (χ1) is 8.76. The van der Waals surface area contributed by atoms with Crippen LogP contribution in [0.1, 0.15) is 52.7 Å². The lowest BCUT2D eigenvalue weighted by molar-refractivity contribution is 0.112. The third-order valence-electron chi connectivity index (χ3n) is 3.98. The number of carbonyl (C=O) groups is 1. The van der Waals surface area contributed by atoms with Gasteiger partial charge in [0.1, 0.15) is 11.9 Å². The number of aldehydes is 1. The van der Waals surface area contributed by atoms with Crippen LogP contribution in [0.15, 0.2) is 16.7 Å². The number of hydrogen-bond donors (Lipinski definition) is 1. The Hall–Kier alpha value is -1.61. The number of fused-ring (bicyclic) bond motifs is 3. The molecule has 0 amide bonds. The Kier molecular flexibility index (Phi) is 2.71. The number of carbonyl (C=O) groups excluding carboxylic acids is 1. The molecular formula is C15H16O3. The van der Waals surface area contributed by atoms with Crippen LogP contribution >= 0.6 is 0 Å². The van der Waals surface area contributed by atoms with Crippen LogP contribution in [-0.4, -0.2) is 11.4 Å². The van der Waals surface area contributed by atoms with Gasteiger partial charge in [0.25, 0.3) is 0 Å². The van der Waals surface area contributed by atoms with Gasteiger partial charge in [-0.15, -0.1) is 0 Å². The van der Waals surface area contributed by atoms with Crippen LogP contribution in [0.25, 0.3) is 11.0 Å². The van der Waals surface area contributed by atoms with E-state index < -0.39 is 0 Å². The summed E-state index contributed by atoms with van der Waals surface area (Å²) in [7, 11) is 0. The summed E-state index contributed by atoms with van der Waals surface area (Å²) in [5, 5.41) is 10.2. The highest BCUT2D eigenvalue weighted by Gasteiger charge is 2.24. The Morgan fingerprint density at radius 3 is 3.11 bits per heavy atom. The second kappa shape index (κ2) is 4.25. The third kappa shape index (κ3) is 1.51. The zero-order valence-corrected chi connectivity index (χ0v) is 10.4. The number of furan rings is 1. The molecular weight excluding hydrogens is 228 g/mol. The SMILES string of the molecule is C[C@H]1CCCc2c(C=O)cc3c(CO)coc3c21. The molecule has 18 heavy (non-hydrogen) atoms. The molecule has 2 aromatic rings. The molecule has 0 saturated carbocycles. The average molecular weight is 244 g/mol. The summed E-state index contributed by atoms with van der Waals surface area (Å²) >= 11 is 0. The van der Waals surface area contributed by atoms with Gasteiger partial charge in [-0.25, -0.2) is 0 Å². The first kappa shape index (κ1) is 11.5. The average Bonchev–Trinajstić information content (AvgIpc) is 2.80. The van der Waals surface area contributed by atoms with Crippen molar-refractivity contribution >= 4 is 17.3 Å². The molecule has 0 fully saturated rings. The highest BCUT2D eigenvalue weighted by molar-refractivity contribution is 5.93. The summed E-state index contributed by atoms with van der Waals surface area (Å²) in [6.07, 6.45) is 5.71. The maximum absolute atomic E-state index is 11.3. The van der Waals surface area contributed by atoms with E-state index >= 15 is 0 Å². The van der Waals surface area contributed by atoms with Crippen molar-refractivity contribution in [2.75, 3.05) is 0 Å². The lowest BCUT2D eigenvalue weighted by Gasteiger charge is -2.23. The van der Waals surface area contributed by atoms with Gasteiger partial charge in [-0.05, 0) is 36.8 Å². The third-order valence-corrected chi connectivity index (χ3v) is 3.98. The fourth-order valence-electron chi connectivity index (χ4n) is 3.06. The molecule has 1 heterocycles. The Labute approximate surface area is 105 Å². The fraction of sp³-hybridized carbons (Fsp3) is 0.400. The van der Waals surface area contributed by atoms with E-state index in [9.17, 15) is 9.90 Å². The molecule has 0 unspecified atom stereocenters. The molecule has 1 aliphatic rings. The molecule has 0 spiro atoms. The van der Waals surface area contributed by atoms with Crippen LogP contribution < -0.4 is 0 Å². The van der Waals surface area contributed by atoms with Gasteiger partial charge in [-0.3, -0.25) is 4.79 Å². The zero-order chi connectivity index (χ0) is 12.7. The summed E-state index contributed by atoms with van der Waals surface area (Å²) in [5.41, 5.74) is 4.66. The number of rotatable bonds is 2. The predicted octanol–water partition coefficient (Wildman–Crippen LogP) is 3.18. The molecule has 0 aliphatic heterocycles. The van der Waals surface area contributed by atoms with Gasteiger partial charge in [-0.1, -0.05) is 6.92 Å². The normalized spacial score (nSPS) is 18.9. The summed E-state index contributed by atoms with van der Waals surface area (Å²) in [5.74, 6) is 0.411. The van der Waals surface area contributed by atoms with Gasteiger partial charge < -0.3 is 9.52 Å². The van der Waals surface area contributed by atoms with E-state index in [1.54, 1.807) is 6.26 Å². The van der Waals surface area contributed by atoms with Crippen LogP contribution in [0, 0.1) is 0 Å². The summed E-state index contributed by atoms with van der Waals surface area (Å²) < 4.78 is 5.63. The van der Waals surface area contributed by atoms with Crippen LogP contribution in [0.4, 0.5) is 0 Å². The number of hydrogen-bond acceptors (Lipinski definition) is 3. The Morgan fingerprint density at radius 1 is 1.56 bits per heavy atom. The van der Waals surface area contributed by atoms with E-state index in [4.69, 9.17) is 4.42 Å². The van der Waals surface area contributed by atoms with Crippen molar-refractivity contribution in [3.8, 4) is 0 Å². The van der Waals surface area contributed by atoms with Crippen molar-refractivity contribution < 1.29 is 14.3 Å². The van der Waals surface area contributed by atoms with Crippen molar-refractivity contribution in [1.82, 2.24) is 0 Å². The standard InChI is InChI=1S/C15H16O3/c1-9-3-2-4-12-10(6-16)5-13-11(7-17)8-18-15(13)14(9)12/h5-6,8-9,17H,2-4,7H2,1H3/t9-/m0/s1. The molecule has 1 aromatic carbocycles. The van der Waals surface area contributed by atoms with Crippen molar-refractivity contribution in [1.29, 1.82) is 0 Å². The largest absolute Gasteiger partial charge is 0.464 e. The minimum atomic E-state index is -0.0571. The van der Waals surface area contributed by atoms with Gasteiger partial charge >= 0.3 is 0 Å². The van der Waals surface area contributed by atoms with Crippen LogP contribution in [0.5, 0.6) is 0 Å². The van der Waals surface area contributed by atoms with E-state index in [0.29, 0.717) is 5.92 Å². The quantitative estimate of drug-likeness (QED) is 0.825. The maximum atomic E-state index is 11.3. The van der Waals surface area contributed by atoms with E-state index in [-0.39, 0.29) is 6.61 Å². The van der Waals surface area contributed by atoms with Gasteiger partial charge in [0.05, 0.1) is 12.9 Å². The van der Waals surface area contributed by atoms with Crippen molar-refractivity contribution in [2.24, 2.45) is 0 Å². The highest BCUT2D eigenvalue weighted by atomic mass is 16.3.